The van der Waals surface area contributed by atoms with Gasteiger partial charge in [-0.3, -0.25) is 4.79 Å². The van der Waals surface area contributed by atoms with Crippen molar-refractivity contribution in [1.82, 2.24) is 10.2 Å². The number of amides is 2. The minimum atomic E-state index is -1.19. The first-order valence-electron chi connectivity index (χ1n) is 6.31. The smallest absolute Gasteiger partial charge is 0.326 e. The number of methoxy groups -OCH3 is 1. The van der Waals surface area contributed by atoms with Crippen LogP contribution in [-0.4, -0.2) is 67.9 Å². The zero-order valence-corrected chi connectivity index (χ0v) is 12.0. The highest BCUT2D eigenvalue weighted by Crippen LogP contribution is 2.00. The van der Waals surface area contributed by atoms with Crippen LogP contribution in [0.3, 0.4) is 0 Å². The summed E-state index contributed by atoms with van der Waals surface area (Å²) in [4.78, 5) is 35.1. The third kappa shape index (κ3) is 7.57. The normalized spacial score (nSPS) is 11.6. The topological polar surface area (TPSA) is 105 Å². The van der Waals surface area contributed by atoms with Gasteiger partial charge in [0.15, 0.2) is 0 Å². The van der Waals surface area contributed by atoms with Gasteiger partial charge in [0.2, 0.25) is 0 Å². The molecule has 0 aromatic carbocycles. The van der Waals surface area contributed by atoms with E-state index in [-0.39, 0.29) is 12.8 Å². The Kier molecular flexibility index (Phi) is 9.10. The maximum absolute atomic E-state index is 11.7. The Morgan fingerprint density at radius 1 is 1.35 bits per heavy atom. The van der Waals surface area contributed by atoms with Gasteiger partial charge >= 0.3 is 18.0 Å². The number of carboxylic acids is 1. The Morgan fingerprint density at radius 3 is 2.50 bits per heavy atom. The molecule has 2 N–H and O–H groups in total. The van der Waals surface area contributed by atoms with Crippen LogP contribution in [0.1, 0.15) is 19.8 Å². The minimum absolute atomic E-state index is 0.0208. The molecule has 0 unspecified atom stereocenters. The fraction of sp³-hybridized carbons (Fsp3) is 0.750. The molecule has 0 aliphatic rings. The second kappa shape index (κ2) is 10.0. The lowest BCUT2D eigenvalue weighted by atomic mass is 10.1. The number of carbonyl (C=O) groups is 3. The third-order valence-electron chi connectivity index (χ3n) is 2.58. The number of likely N-dealkylation sites (N-methyl/N-ethyl adjacent to an activating group) is 1. The first-order valence-corrected chi connectivity index (χ1v) is 6.31. The van der Waals surface area contributed by atoms with E-state index in [2.05, 4.69) is 10.1 Å². The Bertz CT molecular complexity index is 334. The van der Waals surface area contributed by atoms with E-state index in [9.17, 15) is 14.4 Å². The lowest BCUT2D eigenvalue weighted by Crippen LogP contribution is -2.47. The third-order valence-corrected chi connectivity index (χ3v) is 2.58. The lowest BCUT2D eigenvalue weighted by molar-refractivity contribution is -0.142. The van der Waals surface area contributed by atoms with Gasteiger partial charge in [0.05, 0.1) is 13.7 Å². The molecule has 0 fully saturated rings. The quantitative estimate of drug-likeness (QED) is 0.460. The summed E-state index contributed by atoms with van der Waals surface area (Å²) in [5.74, 6) is -1.71. The molecular weight excluding hydrogens is 268 g/mol. The number of carbonyl (C=O) groups excluding carboxylic acids is 2. The highest BCUT2D eigenvalue weighted by Gasteiger charge is 2.22. The van der Waals surface area contributed by atoms with Crippen LogP contribution in [0.5, 0.6) is 0 Å². The number of nitrogens with zero attached hydrogens (tertiary/aromatic N) is 1. The van der Waals surface area contributed by atoms with Crippen molar-refractivity contribution >= 4 is 18.0 Å². The summed E-state index contributed by atoms with van der Waals surface area (Å²) in [5.41, 5.74) is 0. The second-order valence-corrected chi connectivity index (χ2v) is 4.07. The molecule has 0 aromatic heterocycles. The highest BCUT2D eigenvalue weighted by molar-refractivity contribution is 5.83. The first kappa shape index (κ1) is 18.2. The van der Waals surface area contributed by atoms with E-state index >= 15 is 0 Å². The molecule has 8 heteroatoms. The number of carboxylic acid groups (broad SMARTS) is 1. The molecule has 0 bridgehead atoms. The number of aliphatic carboxylic acids is 1. The van der Waals surface area contributed by atoms with Crippen molar-refractivity contribution in [3.63, 3.8) is 0 Å². The number of nitrogens with one attached hydrogen (secondary N) is 1. The molecule has 1 atom stereocenters. The molecule has 0 saturated carbocycles. The highest BCUT2D eigenvalue weighted by atomic mass is 16.5. The maximum Gasteiger partial charge on any atom is 0.326 e. The molecule has 0 rings (SSSR count). The molecule has 0 saturated heterocycles. The number of hydrogen-bond donors (Lipinski definition) is 2. The van der Waals surface area contributed by atoms with Crippen LogP contribution in [0.15, 0.2) is 0 Å². The summed E-state index contributed by atoms with van der Waals surface area (Å²) >= 11 is 0. The lowest BCUT2D eigenvalue weighted by Gasteiger charge is -2.21. The second-order valence-electron chi connectivity index (χ2n) is 4.07. The van der Waals surface area contributed by atoms with Gasteiger partial charge in [-0.15, -0.1) is 0 Å². The van der Waals surface area contributed by atoms with Crippen LogP contribution in [0.25, 0.3) is 0 Å². The molecule has 116 valence electrons. The largest absolute Gasteiger partial charge is 0.480 e. The van der Waals surface area contributed by atoms with Crippen molar-refractivity contribution in [2.75, 3.05) is 33.9 Å². The molecule has 8 nitrogen and oxygen atoms in total. The van der Waals surface area contributed by atoms with Crippen LogP contribution in [-0.2, 0) is 19.1 Å². The minimum Gasteiger partial charge on any atom is -0.480 e. The Morgan fingerprint density at radius 2 is 2.00 bits per heavy atom. The SMILES string of the molecule is CCOCCN(C)C(=O)N[C@@H](CCC(=O)OC)C(=O)O. The van der Waals surface area contributed by atoms with Gasteiger partial charge in [0, 0.05) is 26.6 Å². The van der Waals surface area contributed by atoms with Gasteiger partial charge in [-0.25, -0.2) is 9.59 Å². The zero-order valence-electron chi connectivity index (χ0n) is 12.0. The fourth-order valence-corrected chi connectivity index (χ4v) is 1.33. The first-order chi connectivity index (χ1) is 9.42. The summed E-state index contributed by atoms with van der Waals surface area (Å²) in [6.45, 7) is 3.11. The van der Waals surface area contributed by atoms with Gasteiger partial charge < -0.3 is 24.8 Å². The summed E-state index contributed by atoms with van der Waals surface area (Å²) in [6.07, 6.45) is -0.0938. The van der Waals surface area contributed by atoms with Gasteiger partial charge in [-0.1, -0.05) is 0 Å². The summed E-state index contributed by atoms with van der Waals surface area (Å²) in [6, 6.07) is -1.65. The van der Waals surface area contributed by atoms with Crippen molar-refractivity contribution in [2.45, 2.75) is 25.8 Å². The molecule has 0 aliphatic carbocycles. The average Bonchev–Trinajstić information content (AvgIpc) is 2.42. The summed E-state index contributed by atoms with van der Waals surface area (Å²) in [5, 5.41) is 11.3. The molecule has 0 spiro atoms. The van der Waals surface area contributed by atoms with Crippen molar-refractivity contribution in [1.29, 1.82) is 0 Å². The molecular formula is C12H22N2O6. The van der Waals surface area contributed by atoms with E-state index in [1.807, 2.05) is 6.92 Å². The molecule has 20 heavy (non-hydrogen) atoms. The molecule has 0 heterocycles. The van der Waals surface area contributed by atoms with Crippen molar-refractivity contribution < 1.29 is 29.0 Å². The summed E-state index contributed by atoms with van der Waals surface area (Å²) in [7, 11) is 2.76. The standard InChI is InChI=1S/C12H22N2O6/c1-4-20-8-7-14(2)12(18)13-9(11(16)17)5-6-10(15)19-3/h9H,4-8H2,1-3H3,(H,13,18)(H,16,17)/t9-/m0/s1. The van der Waals surface area contributed by atoms with Gasteiger partial charge in [0.25, 0.3) is 0 Å². The average molecular weight is 290 g/mol. The monoisotopic (exact) mass is 290 g/mol. The molecule has 0 aliphatic heterocycles. The van der Waals surface area contributed by atoms with Crippen molar-refractivity contribution in [2.24, 2.45) is 0 Å². The van der Waals surface area contributed by atoms with Crippen molar-refractivity contribution in [3.8, 4) is 0 Å². The number of rotatable bonds is 9. The van der Waals surface area contributed by atoms with E-state index in [1.54, 1.807) is 0 Å². The van der Waals surface area contributed by atoms with E-state index in [1.165, 1.54) is 19.1 Å². The van der Waals surface area contributed by atoms with Crippen LogP contribution in [0.2, 0.25) is 0 Å². The number of hydrogen-bond acceptors (Lipinski definition) is 5. The predicted octanol–water partition coefficient (Wildman–Crippen LogP) is 0.0707. The van der Waals surface area contributed by atoms with E-state index in [0.717, 1.165) is 0 Å². The van der Waals surface area contributed by atoms with Crippen LogP contribution in [0, 0.1) is 0 Å². The van der Waals surface area contributed by atoms with Crippen LogP contribution in [0.4, 0.5) is 4.79 Å². The van der Waals surface area contributed by atoms with Gasteiger partial charge in [-0.05, 0) is 13.3 Å². The zero-order chi connectivity index (χ0) is 15.5. The predicted molar refractivity (Wildman–Crippen MR) is 70.3 cm³/mol. The van der Waals surface area contributed by atoms with Gasteiger partial charge in [0.1, 0.15) is 6.04 Å². The number of ether oxygens (including phenoxy) is 2. The van der Waals surface area contributed by atoms with Crippen molar-refractivity contribution in [3.05, 3.63) is 0 Å². The van der Waals surface area contributed by atoms with E-state index in [4.69, 9.17) is 9.84 Å². The number of esters is 1. The van der Waals surface area contributed by atoms with Crippen LogP contribution >= 0.6 is 0 Å². The summed E-state index contributed by atoms with van der Waals surface area (Å²) < 4.78 is 9.53. The van der Waals surface area contributed by atoms with Gasteiger partial charge in [-0.2, -0.15) is 0 Å². The Hall–Kier alpha value is -1.83. The van der Waals surface area contributed by atoms with E-state index in [0.29, 0.717) is 19.8 Å². The molecule has 0 radical (unpaired) electrons. The van der Waals surface area contributed by atoms with Crippen LogP contribution < -0.4 is 5.32 Å². The Balaban J connectivity index is 4.25. The maximum atomic E-state index is 11.7. The fourth-order valence-electron chi connectivity index (χ4n) is 1.33. The van der Waals surface area contributed by atoms with E-state index < -0.39 is 24.0 Å². The Labute approximate surface area is 118 Å². The molecule has 0 aromatic rings. The molecule has 2 amide bonds. The number of urea groups is 1.